The summed E-state index contributed by atoms with van der Waals surface area (Å²) in [5, 5.41) is 5.05. The van der Waals surface area contributed by atoms with Gasteiger partial charge in [0, 0.05) is 11.8 Å². The van der Waals surface area contributed by atoms with Crippen LogP contribution < -0.4 is 0 Å². The van der Waals surface area contributed by atoms with Gasteiger partial charge in [-0.3, -0.25) is 0 Å². The van der Waals surface area contributed by atoms with E-state index in [2.05, 4.69) is 12.1 Å². The van der Waals surface area contributed by atoms with Gasteiger partial charge < -0.3 is 4.52 Å². The third-order valence-electron chi connectivity index (χ3n) is 1.78. The van der Waals surface area contributed by atoms with Gasteiger partial charge in [0.15, 0.2) is 0 Å². The molecule has 0 saturated carbocycles. The fraction of sp³-hybridized carbons (Fsp3) is 0.222. The topological polar surface area (TPSA) is 26.0 Å². The SMILES string of the molecule is CCc1onc2ccccc12. The standard InChI is InChI=1S/C9H9NO/c1-2-9-7-5-3-4-6-8(7)10-11-9/h3-6H,2H2,1H3. The molecule has 2 heteroatoms. The molecule has 0 spiro atoms. The van der Waals surface area contributed by atoms with Crippen molar-refractivity contribution >= 4 is 10.9 Å². The van der Waals surface area contributed by atoms with Crippen molar-refractivity contribution in [2.75, 3.05) is 0 Å². The maximum absolute atomic E-state index is 5.11. The largest absolute Gasteiger partial charge is 0.360 e. The Hall–Kier alpha value is -1.31. The molecule has 11 heavy (non-hydrogen) atoms. The molecule has 0 radical (unpaired) electrons. The summed E-state index contributed by atoms with van der Waals surface area (Å²) in [6.07, 6.45) is 0.903. The molecule has 0 amide bonds. The van der Waals surface area contributed by atoms with Crippen LogP contribution in [0.1, 0.15) is 12.7 Å². The summed E-state index contributed by atoms with van der Waals surface area (Å²) < 4.78 is 5.11. The maximum atomic E-state index is 5.11. The lowest BCUT2D eigenvalue weighted by Gasteiger charge is -1.86. The van der Waals surface area contributed by atoms with Crippen molar-refractivity contribution in [2.24, 2.45) is 0 Å². The summed E-state index contributed by atoms with van der Waals surface area (Å²) in [7, 11) is 0. The lowest BCUT2D eigenvalue weighted by molar-refractivity contribution is 0.395. The predicted octanol–water partition coefficient (Wildman–Crippen LogP) is 2.39. The van der Waals surface area contributed by atoms with E-state index in [0.29, 0.717) is 0 Å². The van der Waals surface area contributed by atoms with Gasteiger partial charge in [-0.1, -0.05) is 24.2 Å². The average molecular weight is 147 g/mol. The fourth-order valence-electron chi connectivity index (χ4n) is 1.20. The molecule has 1 aromatic heterocycles. The zero-order valence-electron chi connectivity index (χ0n) is 6.37. The Kier molecular flexibility index (Phi) is 1.39. The minimum absolute atomic E-state index is 0.903. The van der Waals surface area contributed by atoms with Gasteiger partial charge in [0.25, 0.3) is 0 Å². The quantitative estimate of drug-likeness (QED) is 0.619. The smallest absolute Gasteiger partial charge is 0.144 e. The lowest BCUT2D eigenvalue weighted by Crippen LogP contribution is -1.72. The molecule has 2 rings (SSSR count). The molecule has 0 aliphatic heterocycles. The second-order valence-corrected chi connectivity index (χ2v) is 2.48. The highest BCUT2D eigenvalue weighted by Gasteiger charge is 2.02. The Morgan fingerprint density at radius 3 is 3.00 bits per heavy atom. The number of hydrogen-bond donors (Lipinski definition) is 0. The number of nitrogens with zero attached hydrogens (tertiary/aromatic N) is 1. The lowest BCUT2D eigenvalue weighted by atomic mass is 10.2. The number of fused-ring (bicyclic) bond motifs is 1. The second-order valence-electron chi connectivity index (χ2n) is 2.48. The molecule has 0 fully saturated rings. The van der Waals surface area contributed by atoms with Crippen LogP contribution in [0.15, 0.2) is 28.8 Å². The van der Waals surface area contributed by atoms with Crippen LogP contribution in [0, 0.1) is 0 Å². The van der Waals surface area contributed by atoms with Gasteiger partial charge in [-0.05, 0) is 12.1 Å². The summed E-state index contributed by atoms with van der Waals surface area (Å²) in [5.41, 5.74) is 0.948. The summed E-state index contributed by atoms with van der Waals surface area (Å²) >= 11 is 0. The molecule has 0 aliphatic carbocycles. The molecule has 56 valence electrons. The van der Waals surface area contributed by atoms with Crippen molar-refractivity contribution < 1.29 is 4.52 Å². The average Bonchev–Trinajstić information content (AvgIpc) is 2.47. The first kappa shape index (κ1) is 6.40. The Labute approximate surface area is 64.8 Å². The Morgan fingerprint density at radius 2 is 2.18 bits per heavy atom. The second kappa shape index (κ2) is 2.38. The van der Waals surface area contributed by atoms with Crippen LogP contribution in [-0.2, 0) is 6.42 Å². The number of aryl methyl sites for hydroxylation is 1. The van der Waals surface area contributed by atoms with Crippen LogP contribution in [0.25, 0.3) is 10.9 Å². The zero-order chi connectivity index (χ0) is 7.68. The molecule has 0 atom stereocenters. The fourth-order valence-corrected chi connectivity index (χ4v) is 1.20. The van der Waals surface area contributed by atoms with Gasteiger partial charge in [-0.15, -0.1) is 0 Å². The number of hydrogen-bond acceptors (Lipinski definition) is 2. The van der Waals surface area contributed by atoms with E-state index < -0.39 is 0 Å². The molecule has 1 heterocycles. The van der Waals surface area contributed by atoms with Gasteiger partial charge in [0.1, 0.15) is 11.3 Å². The first-order valence-corrected chi connectivity index (χ1v) is 3.75. The zero-order valence-corrected chi connectivity index (χ0v) is 6.37. The van der Waals surface area contributed by atoms with Crippen molar-refractivity contribution in [2.45, 2.75) is 13.3 Å². The van der Waals surface area contributed by atoms with Gasteiger partial charge in [-0.2, -0.15) is 0 Å². The van der Waals surface area contributed by atoms with Gasteiger partial charge in [-0.25, -0.2) is 0 Å². The minimum atomic E-state index is 0.903. The van der Waals surface area contributed by atoms with Crippen molar-refractivity contribution in [1.82, 2.24) is 5.16 Å². The number of rotatable bonds is 1. The van der Waals surface area contributed by atoms with Crippen molar-refractivity contribution in [1.29, 1.82) is 0 Å². The highest BCUT2D eigenvalue weighted by Crippen LogP contribution is 2.17. The number of benzene rings is 1. The molecule has 2 aromatic rings. The Balaban J connectivity index is 2.76. The van der Waals surface area contributed by atoms with Crippen molar-refractivity contribution in [3.05, 3.63) is 30.0 Å². The minimum Gasteiger partial charge on any atom is -0.360 e. The highest BCUT2D eigenvalue weighted by atomic mass is 16.5. The van der Waals surface area contributed by atoms with E-state index in [1.165, 1.54) is 0 Å². The van der Waals surface area contributed by atoms with E-state index >= 15 is 0 Å². The first-order valence-electron chi connectivity index (χ1n) is 3.75. The molecule has 0 unspecified atom stereocenters. The molecule has 0 aliphatic rings. The summed E-state index contributed by atoms with van der Waals surface area (Å²) in [4.78, 5) is 0. The van der Waals surface area contributed by atoms with Crippen LogP contribution in [0.2, 0.25) is 0 Å². The van der Waals surface area contributed by atoms with E-state index in [4.69, 9.17) is 4.52 Å². The van der Waals surface area contributed by atoms with Crippen LogP contribution in [0.5, 0.6) is 0 Å². The summed E-state index contributed by atoms with van der Waals surface area (Å²) in [6.45, 7) is 2.06. The Morgan fingerprint density at radius 1 is 1.36 bits per heavy atom. The van der Waals surface area contributed by atoms with E-state index in [0.717, 1.165) is 23.1 Å². The van der Waals surface area contributed by atoms with Gasteiger partial charge in [0.05, 0.1) is 0 Å². The van der Waals surface area contributed by atoms with Crippen LogP contribution >= 0.6 is 0 Å². The first-order chi connectivity index (χ1) is 5.42. The van der Waals surface area contributed by atoms with Crippen molar-refractivity contribution in [3.8, 4) is 0 Å². The van der Waals surface area contributed by atoms with Crippen molar-refractivity contribution in [3.63, 3.8) is 0 Å². The molecule has 1 aromatic carbocycles. The predicted molar refractivity (Wildman–Crippen MR) is 43.4 cm³/mol. The van der Waals surface area contributed by atoms with E-state index in [9.17, 15) is 0 Å². The maximum Gasteiger partial charge on any atom is 0.144 e. The summed E-state index contributed by atoms with van der Waals surface area (Å²) in [5.74, 6) is 0.973. The van der Waals surface area contributed by atoms with Crippen LogP contribution in [-0.4, -0.2) is 5.16 Å². The van der Waals surface area contributed by atoms with E-state index in [-0.39, 0.29) is 0 Å². The van der Waals surface area contributed by atoms with Gasteiger partial charge >= 0.3 is 0 Å². The molecule has 0 bridgehead atoms. The van der Waals surface area contributed by atoms with Gasteiger partial charge in [0.2, 0.25) is 0 Å². The molecular formula is C9H9NO. The van der Waals surface area contributed by atoms with Crippen LogP contribution in [0.4, 0.5) is 0 Å². The highest BCUT2D eigenvalue weighted by molar-refractivity contribution is 5.80. The third kappa shape index (κ3) is 0.909. The molecule has 0 saturated heterocycles. The number of aromatic nitrogens is 1. The molecule has 0 N–H and O–H groups in total. The monoisotopic (exact) mass is 147 g/mol. The normalized spacial score (nSPS) is 10.6. The Bertz CT molecular complexity index is 364. The van der Waals surface area contributed by atoms with E-state index in [1.54, 1.807) is 0 Å². The molecular weight excluding hydrogens is 138 g/mol. The molecule has 2 nitrogen and oxygen atoms in total. The third-order valence-corrected chi connectivity index (χ3v) is 1.78. The van der Waals surface area contributed by atoms with E-state index in [1.807, 2.05) is 24.3 Å². The van der Waals surface area contributed by atoms with Crippen LogP contribution in [0.3, 0.4) is 0 Å². The summed E-state index contributed by atoms with van der Waals surface area (Å²) in [6, 6.07) is 7.95.